The molecule has 1 saturated heterocycles. The molecule has 1 heterocycles. The molecule has 1 aliphatic heterocycles. The van der Waals surface area contributed by atoms with Crippen LogP contribution >= 0.6 is 23.2 Å². The molecule has 3 nitrogen and oxygen atoms in total. The largest absolute Gasteiger partial charge is 0.390 e. The van der Waals surface area contributed by atoms with E-state index in [1.165, 1.54) is 0 Å². The van der Waals surface area contributed by atoms with Gasteiger partial charge in [-0.2, -0.15) is 0 Å². The average molecular weight is 290 g/mol. The second-order valence-corrected chi connectivity index (χ2v) is 5.51. The van der Waals surface area contributed by atoms with Gasteiger partial charge in [-0.25, -0.2) is 0 Å². The fourth-order valence-electron chi connectivity index (χ4n) is 2.08. The Kier molecular flexibility index (Phi) is 4.87. The van der Waals surface area contributed by atoms with Crippen molar-refractivity contribution in [2.45, 2.75) is 18.6 Å². The molecule has 0 radical (unpaired) electrons. The van der Waals surface area contributed by atoms with Crippen LogP contribution < -0.4 is 0 Å². The van der Waals surface area contributed by atoms with E-state index >= 15 is 0 Å². The Morgan fingerprint density at radius 2 is 2.22 bits per heavy atom. The highest BCUT2D eigenvalue weighted by molar-refractivity contribution is 6.42. The lowest BCUT2D eigenvalue weighted by Gasteiger charge is -2.33. The van der Waals surface area contributed by atoms with Crippen molar-refractivity contribution in [2.24, 2.45) is 0 Å². The molecule has 0 aromatic heterocycles. The summed E-state index contributed by atoms with van der Waals surface area (Å²) in [5.41, 5.74) is 0.966. The van der Waals surface area contributed by atoms with Crippen LogP contribution in [0.3, 0.4) is 0 Å². The number of aliphatic hydroxyl groups excluding tert-OH is 1. The fraction of sp³-hybridized carbons (Fsp3) is 0.538. The highest BCUT2D eigenvalue weighted by Gasteiger charge is 2.25. The van der Waals surface area contributed by atoms with Gasteiger partial charge in [0.05, 0.1) is 28.9 Å². The third kappa shape index (κ3) is 3.59. The number of aliphatic hydroxyl groups is 1. The molecule has 1 aliphatic rings. The van der Waals surface area contributed by atoms with Gasteiger partial charge in [0, 0.05) is 19.5 Å². The minimum absolute atomic E-state index is 0.141. The lowest BCUT2D eigenvalue weighted by atomic mass is 10.0. The maximum Gasteiger partial charge on any atom is 0.0964 e. The first-order valence-electron chi connectivity index (χ1n) is 5.98. The fourth-order valence-corrected chi connectivity index (χ4v) is 2.40. The van der Waals surface area contributed by atoms with Crippen LogP contribution in [0.25, 0.3) is 0 Å². The quantitative estimate of drug-likeness (QED) is 0.926. The first-order valence-corrected chi connectivity index (χ1v) is 6.74. The van der Waals surface area contributed by atoms with Crippen molar-refractivity contribution in [1.82, 2.24) is 4.90 Å². The molecule has 2 atom stereocenters. The lowest BCUT2D eigenvalue weighted by Crippen LogP contribution is -2.46. The summed E-state index contributed by atoms with van der Waals surface area (Å²) in [6.07, 6.45) is -0.140. The van der Waals surface area contributed by atoms with Crippen LogP contribution in [0.1, 0.15) is 5.56 Å². The molecule has 0 aliphatic carbocycles. The topological polar surface area (TPSA) is 32.7 Å². The van der Waals surface area contributed by atoms with Gasteiger partial charge < -0.3 is 14.7 Å². The van der Waals surface area contributed by atoms with Gasteiger partial charge in [0.25, 0.3) is 0 Å². The zero-order valence-corrected chi connectivity index (χ0v) is 11.8. The van der Waals surface area contributed by atoms with E-state index in [2.05, 4.69) is 4.90 Å². The molecule has 1 aromatic rings. The van der Waals surface area contributed by atoms with Crippen LogP contribution in [0.4, 0.5) is 0 Å². The van der Waals surface area contributed by atoms with E-state index in [9.17, 15) is 5.11 Å². The summed E-state index contributed by atoms with van der Waals surface area (Å²) in [6.45, 7) is 2.33. The Labute approximate surface area is 117 Å². The summed E-state index contributed by atoms with van der Waals surface area (Å²) in [6, 6.07) is 5.42. The van der Waals surface area contributed by atoms with Gasteiger partial charge in [0.1, 0.15) is 0 Å². The lowest BCUT2D eigenvalue weighted by molar-refractivity contribution is -0.0823. The van der Waals surface area contributed by atoms with Crippen LogP contribution in [0.15, 0.2) is 18.2 Å². The molecule has 5 heteroatoms. The van der Waals surface area contributed by atoms with Crippen LogP contribution in [0.2, 0.25) is 10.0 Å². The summed E-state index contributed by atoms with van der Waals surface area (Å²) in [5, 5.41) is 11.2. The van der Waals surface area contributed by atoms with Gasteiger partial charge >= 0.3 is 0 Å². The molecule has 2 rings (SSSR count). The predicted octanol–water partition coefficient (Wildman–Crippen LogP) is 2.23. The summed E-state index contributed by atoms with van der Waals surface area (Å²) in [5.74, 6) is 0. The normalized spacial score (nSPS) is 23.0. The van der Waals surface area contributed by atoms with Crippen molar-refractivity contribution in [2.75, 3.05) is 26.7 Å². The van der Waals surface area contributed by atoms with E-state index in [0.717, 1.165) is 18.7 Å². The monoisotopic (exact) mass is 289 g/mol. The molecular formula is C13H17Cl2NO2. The smallest absolute Gasteiger partial charge is 0.0964 e. The third-order valence-electron chi connectivity index (χ3n) is 3.15. The number of morpholine rings is 1. The van der Waals surface area contributed by atoms with Gasteiger partial charge in [-0.1, -0.05) is 29.3 Å². The maximum atomic E-state index is 10.2. The van der Waals surface area contributed by atoms with Crippen LogP contribution in [0, 0.1) is 0 Å². The van der Waals surface area contributed by atoms with E-state index in [1.807, 2.05) is 13.1 Å². The van der Waals surface area contributed by atoms with Crippen molar-refractivity contribution >= 4 is 23.2 Å². The molecule has 0 amide bonds. The first kappa shape index (κ1) is 14.1. The molecule has 0 saturated carbocycles. The number of benzene rings is 1. The van der Waals surface area contributed by atoms with E-state index in [-0.39, 0.29) is 6.10 Å². The zero-order chi connectivity index (χ0) is 13.1. The molecule has 100 valence electrons. The number of nitrogens with zero attached hydrogens (tertiary/aromatic N) is 1. The van der Waals surface area contributed by atoms with Gasteiger partial charge in [-0.3, -0.25) is 0 Å². The third-order valence-corrected chi connectivity index (χ3v) is 3.89. The minimum atomic E-state index is -0.523. The molecule has 1 N–H and O–H groups in total. The van der Waals surface area contributed by atoms with Crippen molar-refractivity contribution in [3.05, 3.63) is 33.8 Å². The number of ether oxygens (including phenoxy) is 1. The summed E-state index contributed by atoms with van der Waals surface area (Å²) in [4.78, 5) is 2.16. The van der Waals surface area contributed by atoms with E-state index in [4.69, 9.17) is 27.9 Å². The second kappa shape index (κ2) is 6.22. The maximum absolute atomic E-state index is 10.2. The average Bonchev–Trinajstić information content (AvgIpc) is 2.34. The van der Waals surface area contributed by atoms with E-state index in [1.54, 1.807) is 12.1 Å². The van der Waals surface area contributed by atoms with Crippen molar-refractivity contribution in [3.63, 3.8) is 0 Å². The zero-order valence-electron chi connectivity index (χ0n) is 10.3. The molecule has 1 aromatic carbocycles. The Hall–Kier alpha value is -0.320. The molecule has 1 fully saturated rings. The van der Waals surface area contributed by atoms with Crippen LogP contribution in [0.5, 0.6) is 0 Å². The molecule has 18 heavy (non-hydrogen) atoms. The van der Waals surface area contributed by atoms with Gasteiger partial charge in [0.15, 0.2) is 0 Å². The van der Waals surface area contributed by atoms with Gasteiger partial charge in [-0.15, -0.1) is 0 Å². The standard InChI is InChI=1S/C13H17Cl2NO2/c1-16-4-5-18-13(8-16)12(17)7-9-2-3-10(14)11(15)6-9/h2-3,6,12-13,17H,4-5,7-8H2,1H3. The molecule has 0 bridgehead atoms. The van der Waals surface area contributed by atoms with Crippen molar-refractivity contribution < 1.29 is 9.84 Å². The Morgan fingerprint density at radius 3 is 2.89 bits per heavy atom. The molecule has 0 spiro atoms. The van der Waals surface area contributed by atoms with Crippen LogP contribution in [-0.2, 0) is 11.2 Å². The Morgan fingerprint density at radius 1 is 1.44 bits per heavy atom. The van der Waals surface area contributed by atoms with E-state index in [0.29, 0.717) is 23.1 Å². The first-order chi connectivity index (χ1) is 8.56. The Bertz CT molecular complexity index is 414. The van der Waals surface area contributed by atoms with Gasteiger partial charge in [-0.05, 0) is 24.7 Å². The summed E-state index contributed by atoms with van der Waals surface area (Å²) >= 11 is 11.8. The number of hydrogen-bond donors (Lipinski definition) is 1. The van der Waals surface area contributed by atoms with Gasteiger partial charge in [0.2, 0.25) is 0 Å². The van der Waals surface area contributed by atoms with Crippen molar-refractivity contribution in [1.29, 1.82) is 0 Å². The highest BCUT2D eigenvalue weighted by atomic mass is 35.5. The number of rotatable bonds is 3. The number of halogens is 2. The molecule has 2 unspecified atom stereocenters. The predicted molar refractivity (Wildman–Crippen MR) is 73.4 cm³/mol. The second-order valence-electron chi connectivity index (χ2n) is 4.69. The SMILES string of the molecule is CN1CCOC(C(O)Cc2ccc(Cl)c(Cl)c2)C1. The Balaban J connectivity index is 1.97. The highest BCUT2D eigenvalue weighted by Crippen LogP contribution is 2.23. The number of likely N-dealkylation sites (N-methyl/N-ethyl adjacent to an activating group) is 1. The minimum Gasteiger partial charge on any atom is -0.390 e. The molecular weight excluding hydrogens is 273 g/mol. The van der Waals surface area contributed by atoms with Crippen molar-refractivity contribution in [3.8, 4) is 0 Å². The summed E-state index contributed by atoms with van der Waals surface area (Å²) < 4.78 is 5.59. The van der Waals surface area contributed by atoms with Crippen LogP contribution in [-0.4, -0.2) is 49.0 Å². The number of hydrogen-bond acceptors (Lipinski definition) is 3. The van der Waals surface area contributed by atoms with E-state index < -0.39 is 6.10 Å². The summed E-state index contributed by atoms with van der Waals surface area (Å²) in [7, 11) is 2.03.